The van der Waals surface area contributed by atoms with Crippen LogP contribution in [0.2, 0.25) is 0 Å². The van der Waals surface area contributed by atoms with Crippen LogP contribution in [0, 0.1) is 0 Å². The van der Waals surface area contributed by atoms with Crippen LogP contribution >= 0.6 is 0 Å². The summed E-state index contributed by atoms with van der Waals surface area (Å²) in [5, 5.41) is 2.84. The van der Waals surface area contributed by atoms with E-state index >= 15 is 0 Å². The van der Waals surface area contributed by atoms with Gasteiger partial charge in [0, 0.05) is 31.9 Å². The van der Waals surface area contributed by atoms with Gasteiger partial charge in [-0.2, -0.15) is 4.31 Å². The van der Waals surface area contributed by atoms with Gasteiger partial charge in [-0.3, -0.25) is 9.69 Å². The first-order chi connectivity index (χ1) is 12.9. The molecular formula is C19H29N3O4S. The lowest BCUT2D eigenvalue weighted by atomic mass is 10.2. The van der Waals surface area contributed by atoms with Crippen molar-refractivity contribution in [2.75, 3.05) is 44.6 Å². The van der Waals surface area contributed by atoms with Crippen molar-refractivity contribution in [3.05, 3.63) is 24.3 Å². The molecule has 1 aromatic rings. The molecule has 2 heterocycles. The molecule has 2 fully saturated rings. The average molecular weight is 396 g/mol. The molecule has 7 nitrogen and oxygen atoms in total. The van der Waals surface area contributed by atoms with Crippen molar-refractivity contribution < 1.29 is 17.9 Å². The Labute approximate surface area is 161 Å². The third-order valence-corrected chi connectivity index (χ3v) is 6.95. The maximum Gasteiger partial charge on any atom is 0.243 e. The van der Waals surface area contributed by atoms with Gasteiger partial charge in [-0.15, -0.1) is 0 Å². The summed E-state index contributed by atoms with van der Waals surface area (Å²) in [5.41, 5.74) is 0.608. The Balaban J connectivity index is 1.58. The molecule has 0 aliphatic carbocycles. The van der Waals surface area contributed by atoms with Crippen LogP contribution in [0.4, 0.5) is 5.69 Å². The van der Waals surface area contributed by atoms with Crippen molar-refractivity contribution in [1.82, 2.24) is 9.21 Å². The van der Waals surface area contributed by atoms with E-state index in [-0.39, 0.29) is 16.9 Å². The van der Waals surface area contributed by atoms with Crippen molar-refractivity contribution in [2.45, 2.75) is 43.6 Å². The van der Waals surface area contributed by atoms with Crippen LogP contribution < -0.4 is 5.32 Å². The third kappa shape index (κ3) is 5.51. The zero-order valence-corrected chi connectivity index (χ0v) is 16.7. The molecule has 1 aromatic carbocycles. The Morgan fingerprint density at radius 3 is 2.41 bits per heavy atom. The summed E-state index contributed by atoms with van der Waals surface area (Å²) >= 11 is 0. The lowest BCUT2D eigenvalue weighted by Crippen LogP contribution is -2.44. The molecule has 0 radical (unpaired) electrons. The van der Waals surface area contributed by atoms with Crippen LogP contribution in [0.25, 0.3) is 0 Å². The molecule has 8 heteroatoms. The minimum absolute atomic E-state index is 0.104. The third-order valence-electron chi connectivity index (χ3n) is 5.03. The summed E-state index contributed by atoms with van der Waals surface area (Å²) in [6, 6.07) is 6.47. The number of hydrogen-bond acceptors (Lipinski definition) is 5. The summed E-state index contributed by atoms with van der Waals surface area (Å²) in [6.07, 6.45) is 4.12. The fourth-order valence-electron chi connectivity index (χ4n) is 3.58. The number of sulfonamides is 1. The van der Waals surface area contributed by atoms with Crippen molar-refractivity contribution in [2.24, 2.45) is 0 Å². The first-order valence-corrected chi connectivity index (χ1v) is 11.1. The Kier molecular flexibility index (Phi) is 6.86. The van der Waals surface area contributed by atoms with Crippen LogP contribution in [-0.4, -0.2) is 69.0 Å². The molecule has 3 rings (SSSR count). The second-order valence-electron chi connectivity index (χ2n) is 7.31. The fraction of sp³-hybridized carbons (Fsp3) is 0.632. The molecule has 1 atom stereocenters. The second kappa shape index (κ2) is 9.14. The van der Waals surface area contributed by atoms with Gasteiger partial charge in [-0.25, -0.2) is 8.42 Å². The number of anilines is 1. The van der Waals surface area contributed by atoms with Crippen LogP contribution in [0.5, 0.6) is 0 Å². The standard InChI is InChI=1S/C19H29N3O4S/c1-16-14-21(12-13-26-16)15-19(23)20-17-6-8-18(9-7-17)27(24,25)22-10-4-2-3-5-11-22/h6-9,16H,2-5,10-15H2,1H3,(H,20,23). The van der Waals surface area contributed by atoms with Gasteiger partial charge in [0.1, 0.15) is 0 Å². The highest BCUT2D eigenvalue weighted by Gasteiger charge is 2.25. The highest BCUT2D eigenvalue weighted by Crippen LogP contribution is 2.21. The highest BCUT2D eigenvalue weighted by atomic mass is 32.2. The van der Waals surface area contributed by atoms with Gasteiger partial charge < -0.3 is 10.1 Å². The zero-order chi connectivity index (χ0) is 19.3. The van der Waals surface area contributed by atoms with Crippen LogP contribution in [0.3, 0.4) is 0 Å². The van der Waals surface area contributed by atoms with E-state index in [1.807, 2.05) is 6.92 Å². The maximum atomic E-state index is 12.8. The predicted octanol–water partition coefficient (Wildman–Crippen LogP) is 1.91. The number of nitrogens with one attached hydrogen (secondary N) is 1. The van der Waals surface area contributed by atoms with E-state index in [9.17, 15) is 13.2 Å². The number of rotatable bonds is 5. The van der Waals surface area contributed by atoms with Crippen LogP contribution in [0.15, 0.2) is 29.2 Å². The minimum Gasteiger partial charge on any atom is -0.376 e. The summed E-state index contributed by atoms with van der Waals surface area (Å²) in [5.74, 6) is -0.104. The molecule has 0 saturated carbocycles. The molecule has 27 heavy (non-hydrogen) atoms. The lowest BCUT2D eigenvalue weighted by Gasteiger charge is -2.30. The molecule has 150 valence electrons. The quantitative estimate of drug-likeness (QED) is 0.824. The van der Waals surface area contributed by atoms with E-state index in [1.165, 1.54) is 0 Å². The van der Waals surface area contributed by atoms with Gasteiger partial charge in [0.05, 0.1) is 24.2 Å². The number of amides is 1. The average Bonchev–Trinajstić information content (AvgIpc) is 2.92. The van der Waals surface area contributed by atoms with E-state index in [0.29, 0.717) is 31.9 Å². The summed E-state index contributed by atoms with van der Waals surface area (Å²) in [7, 11) is -3.46. The number of carbonyl (C=O) groups excluding carboxylic acids is 1. The molecule has 1 unspecified atom stereocenters. The van der Waals surface area contributed by atoms with E-state index < -0.39 is 10.0 Å². The molecule has 1 amide bonds. The molecule has 0 aromatic heterocycles. The minimum atomic E-state index is -3.46. The van der Waals surface area contributed by atoms with E-state index in [1.54, 1.807) is 28.6 Å². The van der Waals surface area contributed by atoms with E-state index in [2.05, 4.69) is 10.2 Å². The lowest BCUT2D eigenvalue weighted by molar-refractivity contribution is -0.119. The van der Waals surface area contributed by atoms with Gasteiger partial charge in [0.25, 0.3) is 0 Å². The number of ether oxygens (including phenoxy) is 1. The fourth-order valence-corrected chi connectivity index (χ4v) is 5.10. The van der Waals surface area contributed by atoms with E-state index in [0.717, 1.165) is 38.8 Å². The van der Waals surface area contributed by atoms with Crippen molar-refractivity contribution >= 4 is 21.6 Å². The topological polar surface area (TPSA) is 79.0 Å². The smallest absolute Gasteiger partial charge is 0.243 e. The molecule has 2 aliphatic heterocycles. The first kappa shape index (κ1) is 20.3. The Morgan fingerprint density at radius 2 is 1.78 bits per heavy atom. The zero-order valence-electron chi connectivity index (χ0n) is 15.9. The Morgan fingerprint density at radius 1 is 1.11 bits per heavy atom. The molecule has 0 spiro atoms. The number of carbonyl (C=O) groups is 1. The van der Waals surface area contributed by atoms with E-state index in [4.69, 9.17) is 4.74 Å². The summed E-state index contributed by atoms with van der Waals surface area (Å²) in [6.45, 7) is 5.58. The SMILES string of the molecule is CC1CN(CC(=O)Nc2ccc(S(=O)(=O)N3CCCCCC3)cc2)CCO1. The van der Waals surface area contributed by atoms with Crippen molar-refractivity contribution in [3.63, 3.8) is 0 Å². The molecular weight excluding hydrogens is 366 g/mol. The number of morpholine rings is 1. The predicted molar refractivity (Wildman–Crippen MR) is 104 cm³/mol. The van der Waals surface area contributed by atoms with Gasteiger partial charge in [-0.1, -0.05) is 12.8 Å². The largest absolute Gasteiger partial charge is 0.376 e. The Bertz CT molecular complexity index is 728. The van der Waals surface area contributed by atoms with Gasteiger partial charge in [0.15, 0.2) is 0 Å². The van der Waals surface area contributed by atoms with Gasteiger partial charge >= 0.3 is 0 Å². The Hall–Kier alpha value is -1.48. The van der Waals surface area contributed by atoms with Crippen molar-refractivity contribution in [3.8, 4) is 0 Å². The maximum absolute atomic E-state index is 12.8. The van der Waals surface area contributed by atoms with Gasteiger partial charge in [0.2, 0.25) is 15.9 Å². The van der Waals surface area contributed by atoms with Crippen LogP contribution in [-0.2, 0) is 19.6 Å². The second-order valence-corrected chi connectivity index (χ2v) is 9.25. The monoisotopic (exact) mass is 395 g/mol. The highest BCUT2D eigenvalue weighted by molar-refractivity contribution is 7.89. The molecule has 2 saturated heterocycles. The summed E-state index contributed by atoms with van der Waals surface area (Å²) < 4.78 is 32.6. The first-order valence-electron chi connectivity index (χ1n) is 9.69. The number of hydrogen-bond donors (Lipinski definition) is 1. The normalized spacial score (nSPS) is 22.9. The molecule has 1 N–H and O–H groups in total. The van der Waals surface area contributed by atoms with Gasteiger partial charge in [-0.05, 0) is 44.0 Å². The number of nitrogens with zero attached hydrogens (tertiary/aromatic N) is 2. The number of benzene rings is 1. The summed E-state index contributed by atoms with van der Waals surface area (Å²) in [4.78, 5) is 14.6. The molecule has 0 bridgehead atoms. The van der Waals surface area contributed by atoms with Crippen LogP contribution in [0.1, 0.15) is 32.6 Å². The van der Waals surface area contributed by atoms with Crippen molar-refractivity contribution in [1.29, 1.82) is 0 Å². The molecule has 2 aliphatic rings.